The average Bonchev–Trinajstić information content (AvgIpc) is 2.33. The van der Waals surface area contributed by atoms with Gasteiger partial charge in [-0.2, -0.15) is 0 Å². The molecule has 1 atom stereocenters. The van der Waals surface area contributed by atoms with Crippen LogP contribution in [-0.4, -0.2) is 30.9 Å². The number of fused-ring (bicyclic) bond motifs is 1. The van der Waals surface area contributed by atoms with Crippen LogP contribution in [0.3, 0.4) is 0 Å². The zero-order valence-corrected chi connectivity index (χ0v) is 11.7. The van der Waals surface area contributed by atoms with Crippen molar-refractivity contribution in [1.29, 1.82) is 0 Å². The largest absolute Gasteiger partial charge is 0.486 e. The second kappa shape index (κ2) is 5.56. The van der Waals surface area contributed by atoms with Gasteiger partial charge in [0.1, 0.15) is 18.0 Å². The van der Waals surface area contributed by atoms with E-state index in [0.717, 1.165) is 0 Å². The van der Waals surface area contributed by atoms with Crippen LogP contribution in [0.15, 0.2) is 18.2 Å². The number of benzene rings is 1. The lowest BCUT2D eigenvalue weighted by molar-refractivity contribution is 0.0452. The van der Waals surface area contributed by atoms with Crippen molar-refractivity contribution in [2.24, 2.45) is 0 Å². The lowest BCUT2D eigenvalue weighted by Crippen LogP contribution is -2.42. The summed E-state index contributed by atoms with van der Waals surface area (Å²) < 4.78 is 29.2. The summed E-state index contributed by atoms with van der Waals surface area (Å²) >= 11 is 0. The molecule has 0 aliphatic carbocycles. The molecule has 20 heavy (non-hydrogen) atoms. The van der Waals surface area contributed by atoms with Gasteiger partial charge in [0.05, 0.1) is 6.54 Å². The van der Waals surface area contributed by atoms with E-state index in [2.05, 4.69) is 5.32 Å². The maximum atomic E-state index is 13.1. The second-order valence-corrected chi connectivity index (χ2v) is 5.52. The summed E-state index contributed by atoms with van der Waals surface area (Å²) in [7, 11) is 0. The third kappa shape index (κ3) is 4.01. The monoisotopic (exact) mass is 283 g/mol. The van der Waals surface area contributed by atoms with Crippen molar-refractivity contribution >= 4 is 6.09 Å². The van der Waals surface area contributed by atoms with Crippen LogP contribution >= 0.6 is 0 Å². The minimum atomic E-state index is -0.552. The van der Waals surface area contributed by atoms with Gasteiger partial charge in [0.25, 0.3) is 0 Å². The molecule has 0 bridgehead atoms. The highest BCUT2D eigenvalue weighted by Gasteiger charge is 2.23. The minimum Gasteiger partial charge on any atom is -0.486 e. The molecule has 0 radical (unpaired) electrons. The van der Waals surface area contributed by atoms with E-state index < -0.39 is 17.5 Å². The van der Waals surface area contributed by atoms with Gasteiger partial charge in [-0.3, -0.25) is 0 Å². The molecule has 0 fully saturated rings. The Morgan fingerprint density at radius 3 is 2.90 bits per heavy atom. The van der Waals surface area contributed by atoms with E-state index >= 15 is 0 Å². The zero-order chi connectivity index (χ0) is 14.8. The Labute approximate surface area is 117 Å². The lowest BCUT2D eigenvalue weighted by Gasteiger charge is -2.27. The Balaban J connectivity index is 1.86. The number of rotatable bonds is 2. The highest BCUT2D eigenvalue weighted by atomic mass is 19.1. The number of hydrogen-bond acceptors (Lipinski definition) is 4. The quantitative estimate of drug-likeness (QED) is 0.906. The Hall–Kier alpha value is -1.98. The van der Waals surface area contributed by atoms with E-state index in [9.17, 15) is 9.18 Å². The van der Waals surface area contributed by atoms with E-state index in [1.807, 2.05) is 0 Å². The molecule has 1 aromatic rings. The van der Waals surface area contributed by atoms with Crippen molar-refractivity contribution in [2.45, 2.75) is 32.5 Å². The smallest absolute Gasteiger partial charge is 0.407 e. The van der Waals surface area contributed by atoms with Crippen LogP contribution in [0.1, 0.15) is 20.8 Å². The van der Waals surface area contributed by atoms with E-state index in [1.54, 1.807) is 20.8 Å². The van der Waals surface area contributed by atoms with Gasteiger partial charge in [0, 0.05) is 6.07 Å². The van der Waals surface area contributed by atoms with Crippen LogP contribution in [-0.2, 0) is 4.74 Å². The fourth-order valence-corrected chi connectivity index (χ4v) is 1.70. The van der Waals surface area contributed by atoms with Gasteiger partial charge in [-0.25, -0.2) is 9.18 Å². The molecule has 1 N–H and O–H groups in total. The highest BCUT2D eigenvalue weighted by molar-refractivity contribution is 5.67. The third-order valence-corrected chi connectivity index (χ3v) is 2.50. The number of ether oxygens (including phenoxy) is 3. The molecule has 110 valence electrons. The average molecular weight is 283 g/mol. The van der Waals surface area contributed by atoms with E-state index in [0.29, 0.717) is 11.5 Å². The number of hydrogen-bond donors (Lipinski definition) is 1. The number of carbonyl (C=O) groups is 1. The predicted molar refractivity (Wildman–Crippen MR) is 70.5 cm³/mol. The van der Waals surface area contributed by atoms with Crippen molar-refractivity contribution < 1.29 is 23.4 Å². The summed E-state index contributed by atoms with van der Waals surface area (Å²) in [5.74, 6) is 0.445. The molecule has 5 nitrogen and oxygen atoms in total. The highest BCUT2D eigenvalue weighted by Crippen LogP contribution is 2.31. The SMILES string of the molecule is CC(C)(C)OC(=O)NC[C@H]1COc2ccc(F)cc2O1. The van der Waals surface area contributed by atoms with Gasteiger partial charge in [0.2, 0.25) is 0 Å². The third-order valence-electron chi connectivity index (χ3n) is 2.50. The topological polar surface area (TPSA) is 56.8 Å². The fourth-order valence-electron chi connectivity index (χ4n) is 1.70. The van der Waals surface area contributed by atoms with Crippen LogP contribution in [0, 0.1) is 5.82 Å². The van der Waals surface area contributed by atoms with Crippen LogP contribution in [0.5, 0.6) is 11.5 Å². The molecule has 0 spiro atoms. The lowest BCUT2D eigenvalue weighted by atomic mass is 10.2. The van der Waals surface area contributed by atoms with E-state index in [4.69, 9.17) is 14.2 Å². The summed E-state index contributed by atoms with van der Waals surface area (Å²) in [6.45, 7) is 5.86. The number of nitrogens with one attached hydrogen (secondary N) is 1. The summed E-state index contributed by atoms with van der Waals surface area (Å²) in [5.41, 5.74) is -0.552. The maximum Gasteiger partial charge on any atom is 0.407 e. The summed E-state index contributed by atoms with van der Waals surface area (Å²) in [6.07, 6.45) is -0.900. The van der Waals surface area contributed by atoms with Crippen molar-refractivity contribution in [2.75, 3.05) is 13.2 Å². The summed E-state index contributed by atoms with van der Waals surface area (Å²) in [6, 6.07) is 4.08. The standard InChI is InChI=1S/C14H18FNO4/c1-14(2,3)20-13(17)16-7-10-8-18-11-5-4-9(15)6-12(11)19-10/h4-6,10H,7-8H2,1-3H3,(H,16,17)/t10-/m0/s1. The number of carbonyl (C=O) groups excluding carboxylic acids is 1. The van der Waals surface area contributed by atoms with Crippen molar-refractivity contribution in [3.8, 4) is 11.5 Å². The first-order chi connectivity index (χ1) is 9.33. The van der Waals surface area contributed by atoms with E-state index in [-0.39, 0.29) is 19.3 Å². The normalized spacial score (nSPS) is 17.5. The van der Waals surface area contributed by atoms with Crippen LogP contribution in [0.25, 0.3) is 0 Å². The molecule has 1 aliphatic rings. The molecule has 1 aromatic carbocycles. The maximum absolute atomic E-state index is 13.1. The van der Waals surface area contributed by atoms with Crippen molar-refractivity contribution in [1.82, 2.24) is 5.32 Å². The van der Waals surface area contributed by atoms with Gasteiger partial charge in [-0.1, -0.05) is 0 Å². The Kier molecular flexibility index (Phi) is 4.01. The molecular weight excluding hydrogens is 265 g/mol. The number of halogens is 1. The van der Waals surface area contributed by atoms with Gasteiger partial charge in [0.15, 0.2) is 17.6 Å². The summed E-state index contributed by atoms with van der Waals surface area (Å²) in [4.78, 5) is 11.5. The van der Waals surface area contributed by atoms with Gasteiger partial charge in [-0.15, -0.1) is 0 Å². The Bertz CT molecular complexity index is 498. The molecule has 2 rings (SSSR count). The number of amides is 1. The van der Waals surface area contributed by atoms with Crippen LogP contribution < -0.4 is 14.8 Å². The van der Waals surface area contributed by atoms with Crippen LogP contribution in [0.2, 0.25) is 0 Å². The molecule has 0 saturated carbocycles. The molecule has 6 heteroatoms. The number of alkyl carbamates (subject to hydrolysis) is 1. The fraction of sp³-hybridized carbons (Fsp3) is 0.500. The second-order valence-electron chi connectivity index (χ2n) is 5.52. The van der Waals surface area contributed by atoms with Gasteiger partial charge in [-0.05, 0) is 32.9 Å². The molecule has 0 aromatic heterocycles. The Morgan fingerprint density at radius 2 is 2.20 bits per heavy atom. The molecule has 1 amide bonds. The predicted octanol–water partition coefficient (Wildman–Crippen LogP) is 2.49. The molecule has 1 heterocycles. The summed E-state index contributed by atoms with van der Waals surface area (Å²) in [5, 5.41) is 2.59. The first kappa shape index (κ1) is 14.4. The van der Waals surface area contributed by atoms with Gasteiger partial charge < -0.3 is 19.5 Å². The Morgan fingerprint density at radius 1 is 1.45 bits per heavy atom. The van der Waals surface area contributed by atoms with Crippen LogP contribution in [0.4, 0.5) is 9.18 Å². The molecule has 0 unspecified atom stereocenters. The molecular formula is C14H18FNO4. The van der Waals surface area contributed by atoms with Crippen molar-refractivity contribution in [3.05, 3.63) is 24.0 Å². The first-order valence-corrected chi connectivity index (χ1v) is 6.39. The van der Waals surface area contributed by atoms with E-state index in [1.165, 1.54) is 18.2 Å². The van der Waals surface area contributed by atoms with Crippen molar-refractivity contribution in [3.63, 3.8) is 0 Å². The zero-order valence-electron chi connectivity index (χ0n) is 11.7. The molecule has 0 saturated heterocycles. The minimum absolute atomic E-state index is 0.227. The first-order valence-electron chi connectivity index (χ1n) is 6.39. The van der Waals surface area contributed by atoms with Gasteiger partial charge >= 0.3 is 6.09 Å². The molecule has 1 aliphatic heterocycles.